The van der Waals surface area contributed by atoms with Gasteiger partial charge in [-0.25, -0.2) is 0 Å². The smallest absolute Gasteiger partial charge is 0.115 e. The van der Waals surface area contributed by atoms with Gasteiger partial charge in [-0.1, -0.05) is 23.8 Å². The average molecular weight is 158 g/mol. The van der Waals surface area contributed by atoms with Gasteiger partial charge in [-0.15, -0.1) is 10.5 Å². The summed E-state index contributed by atoms with van der Waals surface area (Å²) in [7, 11) is 0. The minimum absolute atomic E-state index is 0.832. The first kappa shape index (κ1) is 7.03. The Bertz CT molecular complexity index is 353. The van der Waals surface area contributed by atoms with Crippen LogP contribution in [0, 0.1) is 6.92 Å². The normalized spacial score (nSPS) is 14.2. The molecule has 1 aliphatic rings. The Balaban J connectivity index is 2.40. The van der Waals surface area contributed by atoms with Gasteiger partial charge in [0.15, 0.2) is 0 Å². The number of benzene rings is 1. The van der Waals surface area contributed by atoms with Crippen LogP contribution in [0.15, 0.2) is 40.8 Å². The Morgan fingerprint density at radius 3 is 2.83 bits per heavy atom. The lowest BCUT2D eigenvalue weighted by molar-refractivity contribution is 0.906. The third kappa shape index (κ3) is 1.21. The van der Waals surface area contributed by atoms with Crippen LogP contribution in [-0.2, 0) is 0 Å². The fourth-order valence-corrected chi connectivity index (χ4v) is 1.12. The van der Waals surface area contributed by atoms with Crippen LogP contribution in [0.4, 0.5) is 0 Å². The van der Waals surface area contributed by atoms with Crippen molar-refractivity contribution >= 4 is 5.70 Å². The second-order valence-corrected chi connectivity index (χ2v) is 2.69. The maximum absolute atomic E-state index is 3.87. The Labute approximate surface area is 70.8 Å². The first-order valence-electron chi connectivity index (χ1n) is 3.74. The van der Waals surface area contributed by atoms with Crippen molar-refractivity contribution in [3.05, 3.63) is 41.6 Å². The van der Waals surface area contributed by atoms with Crippen molar-refractivity contribution in [2.75, 3.05) is 0 Å². The van der Waals surface area contributed by atoms with Gasteiger partial charge in [-0.3, -0.25) is 0 Å². The second kappa shape index (κ2) is 2.77. The van der Waals surface area contributed by atoms with Gasteiger partial charge in [-0.2, -0.15) is 0 Å². The molecule has 1 radical (unpaired) electrons. The van der Waals surface area contributed by atoms with E-state index in [2.05, 4.69) is 21.8 Å². The molecule has 0 unspecified atom stereocenters. The summed E-state index contributed by atoms with van der Waals surface area (Å²) >= 11 is 0. The van der Waals surface area contributed by atoms with E-state index in [1.807, 2.05) is 25.1 Å². The molecular formula is C9H8N3. The third-order valence-electron chi connectivity index (χ3n) is 1.70. The highest BCUT2D eigenvalue weighted by Gasteiger charge is 2.04. The largest absolute Gasteiger partial charge is 0.136 e. The molecule has 0 saturated heterocycles. The maximum Gasteiger partial charge on any atom is 0.115 e. The highest BCUT2D eigenvalue weighted by molar-refractivity contribution is 5.64. The predicted octanol–water partition coefficient (Wildman–Crippen LogP) is 2.28. The van der Waals surface area contributed by atoms with Crippen molar-refractivity contribution in [3.63, 3.8) is 0 Å². The van der Waals surface area contributed by atoms with Gasteiger partial charge in [0.1, 0.15) is 5.70 Å². The molecule has 2 rings (SSSR count). The molecule has 12 heavy (non-hydrogen) atoms. The van der Waals surface area contributed by atoms with Crippen LogP contribution in [0.1, 0.15) is 11.1 Å². The van der Waals surface area contributed by atoms with Crippen molar-refractivity contribution < 1.29 is 0 Å². The summed E-state index contributed by atoms with van der Waals surface area (Å²) < 4.78 is 0. The summed E-state index contributed by atoms with van der Waals surface area (Å²) in [4.78, 5) is 0. The summed E-state index contributed by atoms with van der Waals surface area (Å²) in [5.41, 5.74) is 6.79. The predicted molar refractivity (Wildman–Crippen MR) is 46.1 cm³/mol. The molecule has 0 atom stereocenters. The summed E-state index contributed by atoms with van der Waals surface area (Å²) in [6.07, 6.45) is 1.66. The quantitative estimate of drug-likeness (QED) is 0.601. The topological polar surface area (TPSA) is 38.8 Å². The van der Waals surface area contributed by atoms with E-state index in [0.717, 1.165) is 11.3 Å². The molecule has 0 amide bonds. The molecular weight excluding hydrogens is 150 g/mol. The molecule has 1 heterocycles. The van der Waals surface area contributed by atoms with E-state index < -0.39 is 0 Å². The van der Waals surface area contributed by atoms with Gasteiger partial charge in [-0.05, 0) is 18.2 Å². The summed E-state index contributed by atoms with van der Waals surface area (Å²) in [5, 5.41) is 7.39. The zero-order valence-electron chi connectivity index (χ0n) is 6.73. The van der Waals surface area contributed by atoms with Crippen molar-refractivity contribution in [3.8, 4) is 0 Å². The van der Waals surface area contributed by atoms with Gasteiger partial charge in [0.25, 0.3) is 0 Å². The summed E-state index contributed by atoms with van der Waals surface area (Å²) in [6, 6.07) is 8.11. The highest BCUT2D eigenvalue weighted by Crippen LogP contribution is 2.19. The number of hydrogen-bond acceptors (Lipinski definition) is 2. The van der Waals surface area contributed by atoms with Crippen LogP contribution < -0.4 is 5.43 Å². The van der Waals surface area contributed by atoms with E-state index in [9.17, 15) is 0 Å². The number of hydrogen-bond donors (Lipinski definition) is 0. The minimum atomic E-state index is 0.832. The number of nitrogens with zero attached hydrogens (tertiary/aromatic N) is 3. The Hall–Kier alpha value is -1.64. The van der Waals surface area contributed by atoms with Crippen molar-refractivity contribution in [1.82, 2.24) is 5.43 Å². The fourth-order valence-electron chi connectivity index (χ4n) is 1.12. The Kier molecular flexibility index (Phi) is 1.63. The zero-order chi connectivity index (χ0) is 8.39. The van der Waals surface area contributed by atoms with Crippen LogP contribution in [-0.4, -0.2) is 0 Å². The van der Waals surface area contributed by atoms with E-state index in [-0.39, 0.29) is 0 Å². The van der Waals surface area contributed by atoms with Crippen molar-refractivity contribution in [1.29, 1.82) is 0 Å². The summed E-state index contributed by atoms with van der Waals surface area (Å²) in [5.74, 6) is 0. The number of aryl methyl sites for hydroxylation is 1. The van der Waals surface area contributed by atoms with Crippen LogP contribution >= 0.6 is 0 Å². The SMILES string of the molecule is Cc1cccc(C2=C[N]N=N2)c1. The zero-order valence-corrected chi connectivity index (χ0v) is 6.73. The Morgan fingerprint density at radius 1 is 1.25 bits per heavy atom. The maximum atomic E-state index is 3.87. The minimum Gasteiger partial charge on any atom is -0.136 e. The van der Waals surface area contributed by atoms with Crippen LogP contribution in [0.2, 0.25) is 0 Å². The molecule has 0 aromatic heterocycles. The lowest BCUT2D eigenvalue weighted by Crippen LogP contribution is -1.80. The van der Waals surface area contributed by atoms with Crippen molar-refractivity contribution in [2.45, 2.75) is 6.92 Å². The van der Waals surface area contributed by atoms with Gasteiger partial charge in [0.05, 0.1) is 6.20 Å². The molecule has 0 aliphatic carbocycles. The average Bonchev–Trinajstić information content (AvgIpc) is 2.56. The van der Waals surface area contributed by atoms with E-state index in [0.29, 0.717) is 0 Å². The molecule has 0 saturated carbocycles. The van der Waals surface area contributed by atoms with Gasteiger partial charge in [0.2, 0.25) is 0 Å². The van der Waals surface area contributed by atoms with Gasteiger partial charge in [0, 0.05) is 5.56 Å². The van der Waals surface area contributed by atoms with E-state index in [1.165, 1.54) is 5.56 Å². The van der Waals surface area contributed by atoms with Crippen molar-refractivity contribution in [2.24, 2.45) is 10.3 Å². The lowest BCUT2D eigenvalue weighted by atomic mass is 10.1. The molecule has 0 spiro atoms. The van der Waals surface area contributed by atoms with Crippen LogP contribution in [0.5, 0.6) is 0 Å². The molecule has 3 nitrogen and oxygen atoms in total. The third-order valence-corrected chi connectivity index (χ3v) is 1.70. The molecule has 59 valence electrons. The first-order valence-corrected chi connectivity index (χ1v) is 3.74. The number of rotatable bonds is 1. The highest BCUT2D eigenvalue weighted by atomic mass is 15.4. The first-order chi connectivity index (χ1) is 5.86. The molecule has 0 N–H and O–H groups in total. The van der Waals surface area contributed by atoms with E-state index >= 15 is 0 Å². The molecule has 0 bridgehead atoms. The van der Waals surface area contributed by atoms with Gasteiger partial charge < -0.3 is 0 Å². The van der Waals surface area contributed by atoms with Gasteiger partial charge >= 0.3 is 0 Å². The second-order valence-electron chi connectivity index (χ2n) is 2.69. The molecule has 0 fully saturated rings. The van der Waals surface area contributed by atoms with E-state index in [1.54, 1.807) is 6.20 Å². The molecule has 1 aromatic rings. The monoisotopic (exact) mass is 158 g/mol. The van der Waals surface area contributed by atoms with E-state index in [4.69, 9.17) is 0 Å². The Morgan fingerprint density at radius 2 is 2.17 bits per heavy atom. The fraction of sp³-hybridized carbons (Fsp3) is 0.111. The lowest BCUT2D eigenvalue weighted by Gasteiger charge is -1.97. The standard InChI is InChI=1S/C9H8N3/c1-7-3-2-4-8(5-7)9-6-10-12-11-9/h2-6H,1H3. The summed E-state index contributed by atoms with van der Waals surface area (Å²) in [6.45, 7) is 2.05. The molecule has 1 aliphatic heterocycles. The molecule has 3 heteroatoms. The van der Waals surface area contributed by atoms with Crippen LogP contribution in [0.3, 0.4) is 0 Å². The molecule has 1 aromatic carbocycles. The van der Waals surface area contributed by atoms with Crippen LogP contribution in [0.25, 0.3) is 5.70 Å².